The van der Waals surface area contributed by atoms with E-state index in [1.165, 1.54) is 0 Å². The predicted molar refractivity (Wildman–Crippen MR) is 119 cm³/mol. The quantitative estimate of drug-likeness (QED) is 0.757. The Balaban J connectivity index is 1.72. The first-order valence-electron chi connectivity index (χ1n) is 9.98. The molecule has 1 amide bonds. The monoisotopic (exact) mass is 446 g/mol. The fraction of sp³-hybridized carbons (Fsp3) is 0.409. The van der Waals surface area contributed by atoms with Gasteiger partial charge in [0.1, 0.15) is 0 Å². The number of hydrogen-bond acceptors (Lipinski definition) is 5. The Bertz CT molecular complexity index is 1010. The number of nitrogens with zero attached hydrogens (tertiary/aromatic N) is 3. The molecule has 1 fully saturated rings. The fourth-order valence-electron chi connectivity index (χ4n) is 4.36. The van der Waals surface area contributed by atoms with Gasteiger partial charge in [-0.05, 0) is 38.3 Å². The first kappa shape index (κ1) is 21.1. The van der Waals surface area contributed by atoms with E-state index in [4.69, 9.17) is 38.7 Å². The lowest BCUT2D eigenvalue weighted by atomic mass is 9.85. The van der Waals surface area contributed by atoms with Gasteiger partial charge in [-0.15, -0.1) is 0 Å². The highest BCUT2D eigenvalue weighted by molar-refractivity contribution is 6.37. The van der Waals surface area contributed by atoms with Gasteiger partial charge in [-0.2, -0.15) is 0 Å². The molecular weight excluding hydrogens is 423 g/mol. The van der Waals surface area contributed by atoms with Crippen molar-refractivity contribution in [1.29, 1.82) is 0 Å². The van der Waals surface area contributed by atoms with E-state index in [1.807, 2.05) is 38.1 Å². The molecule has 6 nitrogen and oxygen atoms in total. The Morgan fingerprint density at radius 2 is 2.07 bits per heavy atom. The number of ether oxygens (including phenoxy) is 1. The SMILES string of the molecule is C[C@H]1C[C@@H](N2C(=O)C[C@@](C)(c3cccc(-c4ccncc4Cl)c3Cl)N=C2N)CCO1. The number of guanidine groups is 1. The molecule has 3 heterocycles. The van der Waals surface area contributed by atoms with E-state index in [0.29, 0.717) is 16.7 Å². The second-order valence-corrected chi connectivity index (χ2v) is 8.85. The molecule has 1 aromatic carbocycles. The average molecular weight is 447 g/mol. The summed E-state index contributed by atoms with van der Waals surface area (Å²) in [6, 6.07) is 7.49. The van der Waals surface area contributed by atoms with Crippen molar-refractivity contribution >= 4 is 35.1 Å². The van der Waals surface area contributed by atoms with Crippen LogP contribution < -0.4 is 5.73 Å². The summed E-state index contributed by atoms with van der Waals surface area (Å²) < 4.78 is 5.61. The highest BCUT2D eigenvalue weighted by Gasteiger charge is 2.42. The molecule has 3 atom stereocenters. The van der Waals surface area contributed by atoms with Gasteiger partial charge in [0.25, 0.3) is 0 Å². The van der Waals surface area contributed by atoms with Gasteiger partial charge in [0.2, 0.25) is 5.91 Å². The van der Waals surface area contributed by atoms with Gasteiger partial charge in [0, 0.05) is 36.2 Å². The summed E-state index contributed by atoms with van der Waals surface area (Å²) in [5, 5.41) is 1.01. The summed E-state index contributed by atoms with van der Waals surface area (Å²) in [5.41, 5.74) is 7.75. The average Bonchev–Trinajstić information content (AvgIpc) is 2.68. The van der Waals surface area contributed by atoms with Gasteiger partial charge in [-0.25, -0.2) is 4.99 Å². The highest BCUT2D eigenvalue weighted by atomic mass is 35.5. The Labute approximate surface area is 186 Å². The fourth-order valence-corrected chi connectivity index (χ4v) is 5.01. The third kappa shape index (κ3) is 3.80. The van der Waals surface area contributed by atoms with Crippen molar-refractivity contribution < 1.29 is 9.53 Å². The van der Waals surface area contributed by atoms with Crippen molar-refractivity contribution in [3.05, 3.63) is 52.3 Å². The molecule has 158 valence electrons. The van der Waals surface area contributed by atoms with E-state index < -0.39 is 5.54 Å². The molecule has 4 rings (SSSR count). The Hall–Kier alpha value is -2.15. The van der Waals surface area contributed by atoms with E-state index in [0.717, 1.165) is 29.5 Å². The van der Waals surface area contributed by atoms with Crippen molar-refractivity contribution in [3.8, 4) is 11.1 Å². The molecule has 0 spiro atoms. The van der Waals surface area contributed by atoms with Gasteiger partial charge < -0.3 is 10.5 Å². The summed E-state index contributed by atoms with van der Waals surface area (Å²) in [4.78, 5) is 23.6. The number of nitrogens with two attached hydrogens (primary N) is 1. The van der Waals surface area contributed by atoms with Crippen LogP contribution in [0.1, 0.15) is 38.7 Å². The number of pyridine rings is 1. The molecule has 0 bridgehead atoms. The molecule has 1 aromatic heterocycles. The summed E-state index contributed by atoms with van der Waals surface area (Å²) in [6.45, 7) is 4.51. The normalized spacial score (nSPS) is 27.1. The minimum absolute atomic E-state index is 0.00646. The third-order valence-corrected chi connectivity index (χ3v) is 6.54. The lowest BCUT2D eigenvalue weighted by molar-refractivity contribution is -0.133. The van der Waals surface area contributed by atoms with Crippen LogP contribution in [0.4, 0.5) is 0 Å². The second kappa shape index (κ2) is 8.17. The standard InChI is InChI=1S/C22H24Cl2N4O2/c1-13-10-14(7-9-30-13)28-19(29)11-22(2,27-21(28)25)17-5-3-4-16(20(17)24)15-6-8-26-12-18(15)23/h3-6,8,12-14H,7,9-11H2,1-2H3,(H2,25,27)/t13-,14-,22-/m0/s1. The van der Waals surface area contributed by atoms with Crippen molar-refractivity contribution in [2.24, 2.45) is 10.7 Å². The van der Waals surface area contributed by atoms with E-state index in [-0.39, 0.29) is 30.4 Å². The lowest BCUT2D eigenvalue weighted by Gasteiger charge is -2.41. The van der Waals surface area contributed by atoms with E-state index >= 15 is 0 Å². The van der Waals surface area contributed by atoms with Gasteiger partial charge in [0.05, 0.1) is 28.1 Å². The molecule has 2 aromatic rings. The molecule has 8 heteroatoms. The van der Waals surface area contributed by atoms with Crippen LogP contribution in [0.25, 0.3) is 11.1 Å². The maximum absolute atomic E-state index is 13.2. The molecule has 30 heavy (non-hydrogen) atoms. The third-order valence-electron chi connectivity index (χ3n) is 5.84. The number of halogens is 2. The topological polar surface area (TPSA) is 80.8 Å². The Kier molecular flexibility index (Phi) is 5.75. The van der Waals surface area contributed by atoms with Gasteiger partial charge in [-0.1, -0.05) is 41.4 Å². The molecule has 0 saturated carbocycles. The smallest absolute Gasteiger partial charge is 0.232 e. The number of carbonyl (C=O) groups is 1. The number of amides is 1. The number of rotatable bonds is 3. The summed E-state index contributed by atoms with van der Waals surface area (Å²) in [6.07, 6.45) is 5.02. The summed E-state index contributed by atoms with van der Waals surface area (Å²) in [7, 11) is 0. The maximum Gasteiger partial charge on any atom is 0.232 e. The van der Waals surface area contributed by atoms with Crippen LogP contribution in [0.15, 0.2) is 41.7 Å². The van der Waals surface area contributed by atoms with Crippen LogP contribution in [0.5, 0.6) is 0 Å². The zero-order valence-electron chi connectivity index (χ0n) is 16.9. The predicted octanol–water partition coefficient (Wildman–Crippen LogP) is 4.39. The van der Waals surface area contributed by atoms with Gasteiger partial charge >= 0.3 is 0 Å². The minimum Gasteiger partial charge on any atom is -0.378 e. The lowest BCUT2D eigenvalue weighted by Crippen LogP contribution is -2.56. The zero-order valence-corrected chi connectivity index (χ0v) is 18.5. The van der Waals surface area contributed by atoms with Crippen molar-refractivity contribution in [2.75, 3.05) is 6.61 Å². The number of hydrogen-bond donors (Lipinski definition) is 1. The number of aromatic nitrogens is 1. The van der Waals surface area contributed by atoms with E-state index in [2.05, 4.69) is 4.98 Å². The number of benzene rings is 1. The minimum atomic E-state index is -0.860. The van der Waals surface area contributed by atoms with Crippen LogP contribution in [0, 0.1) is 0 Å². The Morgan fingerprint density at radius 1 is 1.27 bits per heavy atom. The molecule has 2 aliphatic heterocycles. The molecule has 1 saturated heterocycles. The molecule has 0 aliphatic carbocycles. The van der Waals surface area contributed by atoms with Crippen molar-refractivity contribution in [3.63, 3.8) is 0 Å². The molecule has 0 unspecified atom stereocenters. The maximum atomic E-state index is 13.2. The van der Waals surface area contributed by atoms with Crippen LogP contribution in [-0.2, 0) is 15.1 Å². The molecular formula is C22H24Cl2N4O2. The first-order chi connectivity index (χ1) is 14.3. The Morgan fingerprint density at radius 3 is 2.77 bits per heavy atom. The molecule has 2 aliphatic rings. The van der Waals surface area contributed by atoms with Crippen LogP contribution in [-0.4, -0.2) is 40.5 Å². The van der Waals surface area contributed by atoms with E-state index in [1.54, 1.807) is 17.3 Å². The van der Waals surface area contributed by atoms with Crippen LogP contribution >= 0.6 is 23.2 Å². The van der Waals surface area contributed by atoms with Gasteiger partial charge in [0.15, 0.2) is 5.96 Å². The van der Waals surface area contributed by atoms with E-state index in [9.17, 15) is 4.79 Å². The van der Waals surface area contributed by atoms with Gasteiger partial charge in [-0.3, -0.25) is 14.7 Å². The van der Waals surface area contributed by atoms with Crippen molar-refractivity contribution in [1.82, 2.24) is 9.88 Å². The molecule has 2 N–H and O–H groups in total. The van der Waals surface area contributed by atoms with Crippen molar-refractivity contribution in [2.45, 2.75) is 50.8 Å². The molecule has 0 radical (unpaired) electrons. The summed E-state index contributed by atoms with van der Waals surface area (Å²) >= 11 is 13.1. The number of carbonyl (C=O) groups excluding carboxylic acids is 1. The van der Waals surface area contributed by atoms with Crippen LogP contribution in [0.3, 0.4) is 0 Å². The second-order valence-electron chi connectivity index (χ2n) is 8.07. The largest absolute Gasteiger partial charge is 0.378 e. The summed E-state index contributed by atoms with van der Waals surface area (Å²) in [5.74, 6) is 0.184. The number of aliphatic imine (C=N–C) groups is 1. The zero-order chi connectivity index (χ0) is 21.5. The van der Waals surface area contributed by atoms with Crippen LogP contribution in [0.2, 0.25) is 10.0 Å². The highest BCUT2D eigenvalue weighted by Crippen LogP contribution is 2.43. The first-order valence-corrected chi connectivity index (χ1v) is 10.7.